The van der Waals surface area contributed by atoms with Crippen LogP contribution in [-0.2, 0) is 5.41 Å². The van der Waals surface area contributed by atoms with Crippen LogP contribution in [0.5, 0.6) is 0 Å². The lowest BCUT2D eigenvalue weighted by atomic mass is 9.91. The number of rotatable bonds is 2. The second-order valence-electron chi connectivity index (χ2n) is 5.19. The normalized spacial score (nSPS) is 24.6. The highest BCUT2D eigenvalue weighted by Crippen LogP contribution is 2.63. The van der Waals surface area contributed by atoms with Gasteiger partial charge in [-0.25, -0.2) is 4.98 Å². The number of nitrogens with two attached hydrogens (primary N) is 1. The second kappa shape index (κ2) is 2.46. The van der Waals surface area contributed by atoms with Gasteiger partial charge in [0.05, 0.1) is 11.9 Å². The summed E-state index contributed by atoms with van der Waals surface area (Å²) in [4.78, 5) is 8.50. The van der Waals surface area contributed by atoms with Crippen molar-refractivity contribution >= 4 is 5.65 Å². The van der Waals surface area contributed by atoms with E-state index in [9.17, 15) is 0 Å². The summed E-state index contributed by atoms with van der Waals surface area (Å²) >= 11 is 0. The van der Waals surface area contributed by atoms with E-state index in [4.69, 9.17) is 5.73 Å². The fourth-order valence-corrected chi connectivity index (χ4v) is 2.94. The molecule has 0 amide bonds. The molecule has 2 heterocycles. The fourth-order valence-electron chi connectivity index (χ4n) is 2.94. The SMILES string of the molecule is NC1(C2(c3cnc4cnccn34)CC2)CC1. The van der Waals surface area contributed by atoms with Crippen molar-refractivity contribution in [2.45, 2.75) is 36.6 Å². The highest BCUT2D eigenvalue weighted by molar-refractivity contribution is 5.45. The van der Waals surface area contributed by atoms with Gasteiger partial charge in [-0.05, 0) is 25.7 Å². The van der Waals surface area contributed by atoms with Crippen molar-refractivity contribution in [2.24, 2.45) is 5.73 Å². The molecule has 4 heteroatoms. The average molecular weight is 214 g/mol. The van der Waals surface area contributed by atoms with Gasteiger partial charge < -0.3 is 10.1 Å². The lowest BCUT2D eigenvalue weighted by molar-refractivity contribution is 0.488. The van der Waals surface area contributed by atoms with E-state index in [1.54, 1.807) is 6.20 Å². The van der Waals surface area contributed by atoms with Crippen LogP contribution in [0.15, 0.2) is 24.8 Å². The third-order valence-electron chi connectivity index (χ3n) is 4.30. The second-order valence-corrected chi connectivity index (χ2v) is 5.19. The molecular weight excluding hydrogens is 200 g/mol. The third-order valence-corrected chi connectivity index (χ3v) is 4.30. The average Bonchev–Trinajstić information content (AvgIpc) is 3.20. The van der Waals surface area contributed by atoms with Crippen molar-refractivity contribution in [1.82, 2.24) is 14.4 Å². The molecule has 0 aromatic carbocycles. The molecule has 4 nitrogen and oxygen atoms in total. The maximum atomic E-state index is 6.41. The summed E-state index contributed by atoms with van der Waals surface area (Å²) in [5.41, 5.74) is 8.87. The van der Waals surface area contributed by atoms with Crippen LogP contribution < -0.4 is 5.73 Å². The Morgan fingerprint density at radius 1 is 1.19 bits per heavy atom. The van der Waals surface area contributed by atoms with E-state index in [1.807, 2.05) is 18.6 Å². The zero-order valence-electron chi connectivity index (χ0n) is 9.06. The number of aromatic nitrogens is 3. The van der Waals surface area contributed by atoms with Crippen LogP contribution in [0.2, 0.25) is 0 Å². The molecule has 0 aliphatic heterocycles. The van der Waals surface area contributed by atoms with E-state index in [1.165, 1.54) is 18.5 Å². The van der Waals surface area contributed by atoms with Gasteiger partial charge in [0.1, 0.15) is 0 Å². The van der Waals surface area contributed by atoms with E-state index in [2.05, 4.69) is 14.4 Å². The summed E-state index contributed by atoms with van der Waals surface area (Å²) in [7, 11) is 0. The van der Waals surface area contributed by atoms with Gasteiger partial charge in [-0.3, -0.25) is 4.98 Å². The van der Waals surface area contributed by atoms with Gasteiger partial charge in [0, 0.05) is 29.5 Å². The highest BCUT2D eigenvalue weighted by atomic mass is 15.1. The lowest BCUT2D eigenvalue weighted by Gasteiger charge is -2.22. The Labute approximate surface area is 93.5 Å². The molecule has 2 saturated carbocycles. The van der Waals surface area contributed by atoms with Crippen molar-refractivity contribution in [2.75, 3.05) is 0 Å². The quantitative estimate of drug-likeness (QED) is 0.818. The van der Waals surface area contributed by atoms with Gasteiger partial charge in [0.25, 0.3) is 0 Å². The molecule has 0 unspecified atom stereocenters. The minimum atomic E-state index is 0.0479. The molecule has 0 saturated heterocycles. The Balaban J connectivity index is 1.94. The maximum absolute atomic E-state index is 6.41. The summed E-state index contributed by atoms with van der Waals surface area (Å²) in [5, 5.41) is 0. The molecule has 2 aliphatic carbocycles. The van der Waals surface area contributed by atoms with Gasteiger partial charge in [-0.15, -0.1) is 0 Å². The van der Waals surface area contributed by atoms with E-state index in [0.29, 0.717) is 0 Å². The summed E-state index contributed by atoms with van der Waals surface area (Å²) in [5.74, 6) is 0. The molecular formula is C12H14N4. The van der Waals surface area contributed by atoms with Crippen molar-refractivity contribution in [1.29, 1.82) is 0 Å². The van der Waals surface area contributed by atoms with Gasteiger partial charge >= 0.3 is 0 Å². The molecule has 0 radical (unpaired) electrons. The van der Waals surface area contributed by atoms with Crippen LogP contribution >= 0.6 is 0 Å². The molecule has 2 aromatic heterocycles. The smallest absolute Gasteiger partial charge is 0.155 e. The fraction of sp³-hybridized carbons (Fsp3) is 0.500. The Morgan fingerprint density at radius 2 is 2.00 bits per heavy atom. The van der Waals surface area contributed by atoms with Crippen molar-refractivity contribution in [3.63, 3.8) is 0 Å². The zero-order chi connectivity index (χ0) is 10.8. The lowest BCUT2D eigenvalue weighted by Crippen LogP contribution is -2.38. The van der Waals surface area contributed by atoms with Gasteiger partial charge in [-0.2, -0.15) is 0 Å². The van der Waals surface area contributed by atoms with Crippen molar-refractivity contribution in [3.05, 3.63) is 30.5 Å². The highest BCUT2D eigenvalue weighted by Gasteiger charge is 2.65. The molecule has 2 fully saturated rings. The molecule has 2 aromatic rings. The Hall–Kier alpha value is -1.42. The first-order chi connectivity index (χ1) is 7.75. The third kappa shape index (κ3) is 0.888. The first-order valence-corrected chi connectivity index (χ1v) is 5.82. The van der Waals surface area contributed by atoms with E-state index >= 15 is 0 Å². The Bertz CT molecular complexity index is 563. The number of nitrogens with zero attached hydrogens (tertiary/aromatic N) is 3. The van der Waals surface area contributed by atoms with Gasteiger partial charge in [0.2, 0.25) is 0 Å². The molecule has 0 bridgehead atoms. The van der Waals surface area contributed by atoms with Crippen LogP contribution in [0.25, 0.3) is 5.65 Å². The van der Waals surface area contributed by atoms with Crippen LogP contribution in [0, 0.1) is 0 Å². The van der Waals surface area contributed by atoms with E-state index < -0.39 is 0 Å². The molecule has 16 heavy (non-hydrogen) atoms. The number of imidazole rings is 1. The Morgan fingerprint density at radius 3 is 2.69 bits per heavy atom. The number of hydrogen-bond acceptors (Lipinski definition) is 3. The topological polar surface area (TPSA) is 56.2 Å². The van der Waals surface area contributed by atoms with Gasteiger partial charge in [-0.1, -0.05) is 0 Å². The standard InChI is InChI=1S/C12H14N4/c13-12(3-4-12)11(1-2-11)9-7-15-10-8-14-5-6-16(9)10/h5-8H,1-4,13H2. The van der Waals surface area contributed by atoms with Crippen LogP contribution in [0.3, 0.4) is 0 Å². The molecule has 2 N–H and O–H groups in total. The molecule has 82 valence electrons. The van der Waals surface area contributed by atoms with Crippen molar-refractivity contribution < 1.29 is 0 Å². The molecule has 0 atom stereocenters. The largest absolute Gasteiger partial charge is 0.324 e. The first kappa shape index (κ1) is 8.70. The summed E-state index contributed by atoms with van der Waals surface area (Å²) in [6.45, 7) is 0. The summed E-state index contributed by atoms with van der Waals surface area (Å²) in [6, 6.07) is 0. The number of hydrogen-bond donors (Lipinski definition) is 1. The van der Waals surface area contributed by atoms with E-state index in [0.717, 1.165) is 18.5 Å². The van der Waals surface area contributed by atoms with E-state index in [-0.39, 0.29) is 11.0 Å². The minimum Gasteiger partial charge on any atom is -0.324 e. The predicted octanol–water partition coefficient (Wildman–Crippen LogP) is 1.25. The van der Waals surface area contributed by atoms with Crippen LogP contribution in [0.1, 0.15) is 31.4 Å². The predicted molar refractivity (Wildman–Crippen MR) is 60.1 cm³/mol. The monoisotopic (exact) mass is 214 g/mol. The zero-order valence-corrected chi connectivity index (χ0v) is 9.06. The maximum Gasteiger partial charge on any atom is 0.155 e. The molecule has 2 aliphatic rings. The Kier molecular flexibility index (Phi) is 1.34. The van der Waals surface area contributed by atoms with Crippen LogP contribution in [-0.4, -0.2) is 19.9 Å². The van der Waals surface area contributed by atoms with Crippen molar-refractivity contribution in [3.8, 4) is 0 Å². The van der Waals surface area contributed by atoms with Crippen LogP contribution in [0.4, 0.5) is 0 Å². The molecule has 0 spiro atoms. The van der Waals surface area contributed by atoms with Gasteiger partial charge in [0.15, 0.2) is 5.65 Å². The first-order valence-electron chi connectivity index (χ1n) is 5.82. The number of fused-ring (bicyclic) bond motifs is 1. The molecule has 4 rings (SSSR count). The summed E-state index contributed by atoms with van der Waals surface area (Å²) < 4.78 is 2.15. The summed E-state index contributed by atoms with van der Waals surface area (Å²) in [6.07, 6.45) is 12.3. The minimum absolute atomic E-state index is 0.0479.